The predicted octanol–water partition coefficient (Wildman–Crippen LogP) is 4.02. The number of hydrogen-bond donors (Lipinski definition) is 0. The molecule has 2 aromatic heterocycles. The van der Waals surface area contributed by atoms with Crippen LogP contribution < -0.4 is 0 Å². The standard InChI is InChI=1S/C16H12F4N2O2/c1-7-3-9(23-21-7)5-11-13(17)15(19)12(16(20)14(11)18)6-10-4-8(2)22-24-10/h3-4H,5-6H2,1-2H3. The summed E-state index contributed by atoms with van der Waals surface area (Å²) in [5, 5.41) is 7.13. The second kappa shape index (κ2) is 6.10. The lowest BCUT2D eigenvalue weighted by Crippen LogP contribution is -2.09. The molecule has 0 aliphatic rings. The molecule has 0 aliphatic heterocycles. The maximum absolute atomic E-state index is 14.2. The summed E-state index contributed by atoms with van der Waals surface area (Å²) in [5.74, 6) is -5.66. The first-order valence-electron chi connectivity index (χ1n) is 7.05. The molecule has 0 spiro atoms. The van der Waals surface area contributed by atoms with Gasteiger partial charge in [0.15, 0.2) is 23.3 Å². The van der Waals surface area contributed by atoms with Crippen LogP contribution in [0.25, 0.3) is 0 Å². The van der Waals surface area contributed by atoms with E-state index in [-0.39, 0.29) is 11.5 Å². The van der Waals surface area contributed by atoms with Gasteiger partial charge in [0, 0.05) is 36.1 Å². The van der Waals surface area contributed by atoms with Crippen molar-refractivity contribution in [1.29, 1.82) is 0 Å². The van der Waals surface area contributed by atoms with Crippen LogP contribution in [0.15, 0.2) is 21.2 Å². The Labute approximate surface area is 134 Å². The molecular formula is C16H12F4N2O2. The van der Waals surface area contributed by atoms with E-state index < -0.39 is 47.2 Å². The molecule has 126 valence electrons. The molecule has 1 aromatic carbocycles. The van der Waals surface area contributed by atoms with E-state index in [4.69, 9.17) is 9.05 Å². The zero-order chi connectivity index (χ0) is 17.4. The summed E-state index contributed by atoms with van der Waals surface area (Å²) in [4.78, 5) is 0. The van der Waals surface area contributed by atoms with Crippen LogP contribution in [-0.4, -0.2) is 10.3 Å². The van der Waals surface area contributed by atoms with Gasteiger partial charge in [-0.1, -0.05) is 10.3 Å². The van der Waals surface area contributed by atoms with Crippen LogP contribution in [-0.2, 0) is 12.8 Å². The van der Waals surface area contributed by atoms with E-state index >= 15 is 0 Å². The number of hydrogen-bond acceptors (Lipinski definition) is 4. The third-order valence-electron chi connectivity index (χ3n) is 3.50. The minimum atomic E-state index is -1.46. The first kappa shape index (κ1) is 16.2. The highest BCUT2D eigenvalue weighted by molar-refractivity contribution is 5.34. The Morgan fingerprint density at radius 3 is 1.29 bits per heavy atom. The normalized spacial score (nSPS) is 11.2. The molecule has 2 heterocycles. The molecule has 0 atom stereocenters. The Morgan fingerprint density at radius 1 is 0.708 bits per heavy atom. The zero-order valence-electron chi connectivity index (χ0n) is 12.8. The number of aryl methyl sites for hydroxylation is 2. The second-order valence-corrected chi connectivity index (χ2v) is 5.44. The third-order valence-corrected chi connectivity index (χ3v) is 3.50. The largest absolute Gasteiger partial charge is 0.361 e. The van der Waals surface area contributed by atoms with Gasteiger partial charge in [-0.05, 0) is 13.8 Å². The maximum atomic E-state index is 14.2. The van der Waals surface area contributed by atoms with Crippen LogP contribution in [0, 0.1) is 37.1 Å². The lowest BCUT2D eigenvalue weighted by atomic mass is 10.0. The predicted molar refractivity (Wildman–Crippen MR) is 74.4 cm³/mol. The van der Waals surface area contributed by atoms with Crippen LogP contribution in [0.2, 0.25) is 0 Å². The molecule has 0 fully saturated rings. The van der Waals surface area contributed by atoms with E-state index in [1.807, 2.05) is 0 Å². The molecule has 0 N–H and O–H groups in total. The van der Waals surface area contributed by atoms with Crippen LogP contribution in [0.5, 0.6) is 0 Å². The van der Waals surface area contributed by atoms with E-state index in [0.29, 0.717) is 11.4 Å². The van der Waals surface area contributed by atoms with Crippen molar-refractivity contribution in [2.24, 2.45) is 0 Å². The molecular weight excluding hydrogens is 328 g/mol. The number of rotatable bonds is 4. The fourth-order valence-corrected chi connectivity index (χ4v) is 2.38. The number of nitrogens with zero attached hydrogens (tertiary/aromatic N) is 2. The van der Waals surface area contributed by atoms with Gasteiger partial charge in [-0.15, -0.1) is 0 Å². The molecule has 0 bridgehead atoms. The third kappa shape index (κ3) is 2.91. The van der Waals surface area contributed by atoms with E-state index in [9.17, 15) is 17.6 Å². The minimum Gasteiger partial charge on any atom is -0.361 e. The molecule has 0 radical (unpaired) electrons. The first-order chi connectivity index (χ1) is 11.4. The molecule has 0 saturated carbocycles. The molecule has 24 heavy (non-hydrogen) atoms. The average molecular weight is 340 g/mol. The molecule has 0 unspecified atom stereocenters. The van der Waals surface area contributed by atoms with Crippen molar-refractivity contribution in [3.8, 4) is 0 Å². The number of benzene rings is 1. The number of aromatic nitrogens is 2. The van der Waals surface area contributed by atoms with Crippen molar-refractivity contribution in [3.05, 3.63) is 69.4 Å². The van der Waals surface area contributed by atoms with Gasteiger partial charge in [0.2, 0.25) is 0 Å². The lowest BCUT2D eigenvalue weighted by Gasteiger charge is -2.10. The van der Waals surface area contributed by atoms with Gasteiger partial charge in [0.1, 0.15) is 11.5 Å². The molecule has 3 rings (SSSR count). The summed E-state index contributed by atoms with van der Waals surface area (Å²) in [6.07, 6.45) is -0.901. The molecule has 0 aliphatic carbocycles. The van der Waals surface area contributed by atoms with Gasteiger partial charge in [0.25, 0.3) is 0 Å². The van der Waals surface area contributed by atoms with E-state index in [0.717, 1.165) is 0 Å². The van der Waals surface area contributed by atoms with Crippen LogP contribution in [0.4, 0.5) is 17.6 Å². The van der Waals surface area contributed by atoms with Gasteiger partial charge in [-0.25, -0.2) is 17.6 Å². The summed E-state index contributed by atoms with van der Waals surface area (Å²) < 4.78 is 66.5. The van der Waals surface area contributed by atoms with Crippen LogP contribution in [0.1, 0.15) is 34.0 Å². The summed E-state index contributed by atoms with van der Waals surface area (Å²) in [5.41, 5.74) is -0.523. The lowest BCUT2D eigenvalue weighted by molar-refractivity contribution is 0.371. The summed E-state index contributed by atoms with van der Waals surface area (Å²) in [6, 6.07) is 2.86. The first-order valence-corrected chi connectivity index (χ1v) is 7.05. The van der Waals surface area contributed by atoms with Gasteiger partial charge in [-0.2, -0.15) is 0 Å². The van der Waals surface area contributed by atoms with E-state index in [1.54, 1.807) is 13.8 Å². The van der Waals surface area contributed by atoms with Crippen molar-refractivity contribution in [1.82, 2.24) is 10.3 Å². The summed E-state index contributed by atoms with van der Waals surface area (Å²) >= 11 is 0. The summed E-state index contributed by atoms with van der Waals surface area (Å²) in [7, 11) is 0. The molecule has 8 heteroatoms. The van der Waals surface area contributed by atoms with Crippen molar-refractivity contribution < 1.29 is 26.6 Å². The smallest absolute Gasteiger partial charge is 0.165 e. The Balaban J connectivity index is 2.01. The average Bonchev–Trinajstić information content (AvgIpc) is 3.14. The van der Waals surface area contributed by atoms with Gasteiger partial charge in [-0.3, -0.25) is 0 Å². The van der Waals surface area contributed by atoms with Gasteiger partial charge < -0.3 is 9.05 Å². The Hall–Kier alpha value is -2.64. The Kier molecular flexibility index (Phi) is 4.13. The monoisotopic (exact) mass is 340 g/mol. The highest BCUT2D eigenvalue weighted by Gasteiger charge is 2.27. The molecule has 0 saturated heterocycles. The minimum absolute atomic E-state index is 0.0997. The Morgan fingerprint density at radius 2 is 1.04 bits per heavy atom. The van der Waals surface area contributed by atoms with Crippen molar-refractivity contribution in [2.75, 3.05) is 0 Å². The highest BCUT2D eigenvalue weighted by atomic mass is 19.2. The SMILES string of the molecule is Cc1cc(Cc2c(F)c(F)c(Cc3cc(C)no3)c(F)c2F)on1. The Bertz CT molecular complexity index is 799. The highest BCUT2D eigenvalue weighted by Crippen LogP contribution is 2.28. The zero-order valence-corrected chi connectivity index (χ0v) is 12.8. The van der Waals surface area contributed by atoms with Crippen molar-refractivity contribution in [2.45, 2.75) is 26.7 Å². The molecule has 0 amide bonds. The van der Waals surface area contributed by atoms with Crippen LogP contribution in [0.3, 0.4) is 0 Å². The topological polar surface area (TPSA) is 52.1 Å². The quantitative estimate of drug-likeness (QED) is 0.532. The number of halogens is 4. The van der Waals surface area contributed by atoms with E-state index in [2.05, 4.69) is 10.3 Å². The van der Waals surface area contributed by atoms with Crippen LogP contribution >= 0.6 is 0 Å². The van der Waals surface area contributed by atoms with Crippen molar-refractivity contribution >= 4 is 0 Å². The van der Waals surface area contributed by atoms with Gasteiger partial charge >= 0.3 is 0 Å². The summed E-state index contributed by atoms with van der Waals surface area (Å²) in [6.45, 7) is 3.23. The second-order valence-electron chi connectivity index (χ2n) is 5.44. The molecule has 3 aromatic rings. The van der Waals surface area contributed by atoms with E-state index in [1.165, 1.54) is 12.1 Å². The van der Waals surface area contributed by atoms with Crippen molar-refractivity contribution in [3.63, 3.8) is 0 Å². The fourth-order valence-electron chi connectivity index (χ4n) is 2.38. The maximum Gasteiger partial charge on any atom is 0.165 e. The fraction of sp³-hybridized carbons (Fsp3) is 0.250. The van der Waals surface area contributed by atoms with Gasteiger partial charge in [0.05, 0.1) is 11.4 Å². The molecule has 4 nitrogen and oxygen atoms in total.